The summed E-state index contributed by atoms with van der Waals surface area (Å²) in [4.78, 5) is 24.1. The van der Waals surface area contributed by atoms with Gasteiger partial charge in [-0.3, -0.25) is 9.59 Å². The average molecular weight is 340 g/mol. The van der Waals surface area contributed by atoms with Gasteiger partial charge in [-0.25, -0.2) is 0 Å². The Hall–Kier alpha value is -2.40. The Balaban J connectivity index is 1.48. The highest BCUT2D eigenvalue weighted by Gasteiger charge is 2.20. The molecule has 0 aromatic heterocycles. The highest BCUT2D eigenvalue weighted by atomic mass is 16.3. The van der Waals surface area contributed by atoms with Crippen molar-refractivity contribution in [2.45, 2.75) is 44.2 Å². The maximum absolute atomic E-state index is 12.2. The van der Waals surface area contributed by atoms with E-state index in [9.17, 15) is 14.7 Å². The number of carbonyl (C=O) groups excluding carboxylic acids is 2. The standard InChI is InChI=1S/C20H24N2O3/c23-17-10-8-16(9-11-17)22-20(25)13-21-19(24)12-15-6-3-5-14-4-1-2-7-18(14)15/h1-7,16-17,23H,8-13H2,(H,21,24)(H,22,25). The normalized spacial score (nSPS) is 20.2. The van der Waals surface area contributed by atoms with Crippen LogP contribution in [0.4, 0.5) is 0 Å². The van der Waals surface area contributed by atoms with Crippen LogP contribution in [0, 0.1) is 0 Å². The van der Waals surface area contributed by atoms with Crippen LogP contribution in [0.3, 0.4) is 0 Å². The van der Waals surface area contributed by atoms with Gasteiger partial charge in [-0.15, -0.1) is 0 Å². The summed E-state index contributed by atoms with van der Waals surface area (Å²) >= 11 is 0. The fourth-order valence-electron chi connectivity index (χ4n) is 3.36. The zero-order valence-electron chi connectivity index (χ0n) is 14.2. The summed E-state index contributed by atoms with van der Waals surface area (Å²) in [6.07, 6.45) is 3.03. The molecule has 0 unspecified atom stereocenters. The third kappa shape index (κ3) is 4.79. The molecule has 3 N–H and O–H groups in total. The highest BCUT2D eigenvalue weighted by molar-refractivity contribution is 5.91. The van der Waals surface area contributed by atoms with Crippen LogP contribution in [0.5, 0.6) is 0 Å². The summed E-state index contributed by atoms with van der Waals surface area (Å²) in [6, 6.07) is 14.0. The van der Waals surface area contributed by atoms with Crippen LogP contribution in [0.25, 0.3) is 10.8 Å². The second kappa shape index (κ2) is 8.12. The van der Waals surface area contributed by atoms with Gasteiger partial charge in [-0.2, -0.15) is 0 Å². The van der Waals surface area contributed by atoms with Gasteiger partial charge in [0.15, 0.2) is 0 Å². The molecule has 0 radical (unpaired) electrons. The first-order chi connectivity index (χ1) is 12.1. The van der Waals surface area contributed by atoms with E-state index in [1.54, 1.807) is 0 Å². The largest absolute Gasteiger partial charge is 0.393 e. The Kier molecular flexibility index (Phi) is 5.66. The maximum atomic E-state index is 12.2. The van der Waals surface area contributed by atoms with Crippen molar-refractivity contribution in [3.63, 3.8) is 0 Å². The minimum Gasteiger partial charge on any atom is -0.393 e. The average Bonchev–Trinajstić information content (AvgIpc) is 2.62. The zero-order valence-corrected chi connectivity index (χ0v) is 14.2. The molecule has 2 aromatic rings. The number of carbonyl (C=O) groups is 2. The summed E-state index contributed by atoms with van der Waals surface area (Å²) in [5.74, 6) is -0.335. The van der Waals surface area contributed by atoms with E-state index in [1.807, 2.05) is 42.5 Å². The molecule has 2 amide bonds. The lowest BCUT2D eigenvalue weighted by atomic mass is 9.93. The van der Waals surface area contributed by atoms with Gasteiger partial charge in [0.1, 0.15) is 0 Å². The lowest BCUT2D eigenvalue weighted by molar-refractivity contribution is -0.126. The summed E-state index contributed by atoms with van der Waals surface area (Å²) in [5.41, 5.74) is 0.956. The zero-order chi connectivity index (χ0) is 17.6. The fourth-order valence-corrected chi connectivity index (χ4v) is 3.36. The van der Waals surface area contributed by atoms with Crippen LogP contribution >= 0.6 is 0 Å². The van der Waals surface area contributed by atoms with E-state index < -0.39 is 0 Å². The predicted molar refractivity (Wildman–Crippen MR) is 97.1 cm³/mol. The number of benzene rings is 2. The number of amides is 2. The van der Waals surface area contributed by atoms with Crippen molar-refractivity contribution in [3.05, 3.63) is 48.0 Å². The molecule has 1 saturated carbocycles. The molecule has 5 nitrogen and oxygen atoms in total. The summed E-state index contributed by atoms with van der Waals surface area (Å²) in [5, 5.41) is 17.3. The van der Waals surface area contributed by atoms with E-state index in [-0.39, 0.29) is 36.9 Å². The number of aliphatic hydroxyl groups excluding tert-OH is 1. The van der Waals surface area contributed by atoms with Crippen LogP contribution in [0.1, 0.15) is 31.2 Å². The monoisotopic (exact) mass is 340 g/mol. The molecule has 1 aliphatic carbocycles. The van der Waals surface area contributed by atoms with Gasteiger partial charge in [0.25, 0.3) is 0 Å². The molecule has 0 heterocycles. The van der Waals surface area contributed by atoms with E-state index in [0.29, 0.717) is 0 Å². The van der Waals surface area contributed by atoms with Gasteiger partial charge < -0.3 is 15.7 Å². The van der Waals surface area contributed by atoms with Crippen molar-refractivity contribution in [3.8, 4) is 0 Å². The molecule has 0 bridgehead atoms. The van der Waals surface area contributed by atoms with Gasteiger partial charge in [-0.05, 0) is 42.0 Å². The van der Waals surface area contributed by atoms with E-state index in [1.165, 1.54) is 0 Å². The van der Waals surface area contributed by atoms with Gasteiger partial charge in [0.05, 0.1) is 19.1 Å². The minimum atomic E-state index is -0.242. The quantitative estimate of drug-likeness (QED) is 0.778. The molecular formula is C20H24N2O3. The third-order valence-electron chi connectivity index (χ3n) is 4.74. The third-order valence-corrected chi connectivity index (χ3v) is 4.74. The van der Waals surface area contributed by atoms with E-state index in [2.05, 4.69) is 10.6 Å². The van der Waals surface area contributed by atoms with E-state index in [4.69, 9.17) is 0 Å². The Labute approximate surface area is 147 Å². The Bertz CT molecular complexity index is 746. The Morgan fingerprint density at radius 2 is 1.68 bits per heavy atom. The molecule has 0 saturated heterocycles. The number of nitrogens with one attached hydrogen (secondary N) is 2. The Morgan fingerprint density at radius 3 is 2.48 bits per heavy atom. The first kappa shape index (κ1) is 17.4. The van der Waals surface area contributed by atoms with Crippen molar-refractivity contribution in [1.82, 2.24) is 10.6 Å². The van der Waals surface area contributed by atoms with Crippen LogP contribution < -0.4 is 10.6 Å². The van der Waals surface area contributed by atoms with E-state index in [0.717, 1.165) is 42.0 Å². The first-order valence-electron chi connectivity index (χ1n) is 8.82. The molecule has 0 aliphatic heterocycles. The second-order valence-corrected chi connectivity index (χ2v) is 6.66. The van der Waals surface area contributed by atoms with Gasteiger partial charge in [0.2, 0.25) is 11.8 Å². The minimum absolute atomic E-state index is 0.0113. The Morgan fingerprint density at radius 1 is 0.960 bits per heavy atom. The molecular weight excluding hydrogens is 316 g/mol. The predicted octanol–water partition coefficient (Wildman–Crippen LogP) is 1.92. The summed E-state index contributed by atoms with van der Waals surface area (Å²) < 4.78 is 0. The number of hydrogen-bond donors (Lipinski definition) is 3. The van der Waals surface area contributed by atoms with Crippen LogP contribution in [0.2, 0.25) is 0 Å². The van der Waals surface area contributed by atoms with Crippen LogP contribution in [-0.4, -0.2) is 35.6 Å². The number of rotatable bonds is 5. The summed E-state index contributed by atoms with van der Waals surface area (Å²) in [6.45, 7) is -0.0113. The van der Waals surface area contributed by atoms with Crippen molar-refractivity contribution in [2.75, 3.05) is 6.54 Å². The fraction of sp³-hybridized carbons (Fsp3) is 0.400. The molecule has 1 aliphatic rings. The van der Waals surface area contributed by atoms with Crippen LogP contribution in [0.15, 0.2) is 42.5 Å². The molecule has 0 atom stereocenters. The number of fused-ring (bicyclic) bond motifs is 1. The molecule has 1 fully saturated rings. The molecule has 25 heavy (non-hydrogen) atoms. The lowest BCUT2D eigenvalue weighted by Gasteiger charge is -2.26. The second-order valence-electron chi connectivity index (χ2n) is 6.66. The molecule has 2 aromatic carbocycles. The molecule has 5 heteroatoms. The van der Waals surface area contributed by atoms with E-state index >= 15 is 0 Å². The SMILES string of the molecule is O=C(Cc1cccc2ccccc12)NCC(=O)NC1CCC(O)CC1. The van der Waals surface area contributed by atoms with Gasteiger partial charge in [0, 0.05) is 6.04 Å². The van der Waals surface area contributed by atoms with Crippen molar-refractivity contribution >= 4 is 22.6 Å². The maximum Gasteiger partial charge on any atom is 0.239 e. The first-order valence-corrected chi connectivity index (χ1v) is 8.82. The van der Waals surface area contributed by atoms with Gasteiger partial charge in [-0.1, -0.05) is 42.5 Å². The van der Waals surface area contributed by atoms with Crippen molar-refractivity contribution in [1.29, 1.82) is 0 Å². The molecule has 132 valence electrons. The van der Waals surface area contributed by atoms with Crippen LogP contribution in [-0.2, 0) is 16.0 Å². The number of hydrogen-bond acceptors (Lipinski definition) is 3. The molecule has 3 rings (SSSR count). The van der Waals surface area contributed by atoms with Crippen molar-refractivity contribution < 1.29 is 14.7 Å². The smallest absolute Gasteiger partial charge is 0.239 e. The topological polar surface area (TPSA) is 78.4 Å². The highest BCUT2D eigenvalue weighted by Crippen LogP contribution is 2.19. The van der Waals surface area contributed by atoms with Gasteiger partial charge >= 0.3 is 0 Å². The van der Waals surface area contributed by atoms with Crippen molar-refractivity contribution in [2.24, 2.45) is 0 Å². The molecule has 0 spiro atoms. The summed E-state index contributed by atoms with van der Waals surface area (Å²) in [7, 11) is 0. The lowest BCUT2D eigenvalue weighted by Crippen LogP contribution is -2.44. The number of aliphatic hydroxyl groups is 1.